The second kappa shape index (κ2) is 5.64. The molecule has 106 valence electrons. The molecule has 0 atom stereocenters. The van der Waals surface area contributed by atoms with Gasteiger partial charge in [0.15, 0.2) is 0 Å². The van der Waals surface area contributed by atoms with Gasteiger partial charge in [-0.3, -0.25) is 0 Å². The molecule has 0 unspecified atom stereocenters. The Kier molecular flexibility index (Phi) is 3.85. The van der Waals surface area contributed by atoms with Gasteiger partial charge in [0.05, 0.1) is 17.8 Å². The quantitative estimate of drug-likeness (QED) is 0.720. The zero-order chi connectivity index (χ0) is 15.0. The predicted octanol–water partition coefficient (Wildman–Crippen LogP) is 5.01. The van der Waals surface area contributed by atoms with Gasteiger partial charge >= 0.3 is 0 Å². The van der Waals surface area contributed by atoms with E-state index in [0.29, 0.717) is 10.0 Å². The molecular weight excluding hydrogens is 305 g/mol. The number of aliphatic hydroxyl groups excluding tert-OH is 1. The summed E-state index contributed by atoms with van der Waals surface area (Å²) < 4.78 is 0. The Morgan fingerprint density at radius 1 is 1.00 bits per heavy atom. The van der Waals surface area contributed by atoms with E-state index in [1.807, 2.05) is 43.3 Å². The van der Waals surface area contributed by atoms with Crippen molar-refractivity contribution in [1.29, 1.82) is 0 Å². The lowest BCUT2D eigenvalue weighted by molar-refractivity contribution is 0.283. The van der Waals surface area contributed by atoms with E-state index in [4.69, 9.17) is 23.2 Å². The van der Waals surface area contributed by atoms with Crippen LogP contribution in [0.1, 0.15) is 11.1 Å². The summed E-state index contributed by atoms with van der Waals surface area (Å²) in [4.78, 5) is 4.69. The Labute approximate surface area is 133 Å². The average Bonchev–Trinajstić information content (AvgIpc) is 2.48. The van der Waals surface area contributed by atoms with E-state index in [9.17, 15) is 5.11 Å². The number of aromatic nitrogens is 1. The van der Waals surface area contributed by atoms with Crippen molar-refractivity contribution < 1.29 is 5.11 Å². The zero-order valence-corrected chi connectivity index (χ0v) is 12.9. The maximum atomic E-state index is 9.53. The molecule has 0 radical (unpaired) electrons. The van der Waals surface area contributed by atoms with Crippen molar-refractivity contribution in [3.8, 4) is 11.3 Å². The van der Waals surface area contributed by atoms with Crippen molar-refractivity contribution in [2.24, 2.45) is 0 Å². The number of rotatable bonds is 2. The van der Waals surface area contributed by atoms with E-state index < -0.39 is 0 Å². The average molecular weight is 318 g/mol. The molecule has 0 bridgehead atoms. The smallest absolute Gasteiger partial charge is 0.0768 e. The minimum absolute atomic E-state index is 0.0897. The molecule has 0 saturated heterocycles. The number of hydrogen-bond donors (Lipinski definition) is 1. The van der Waals surface area contributed by atoms with Gasteiger partial charge < -0.3 is 5.11 Å². The highest BCUT2D eigenvalue weighted by Gasteiger charge is 2.10. The summed E-state index contributed by atoms with van der Waals surface area (Å²) in [5, 5.41) is 11.8. The van der Waals surface area contributed by atoms with Crippen LogP contribution in [0.2, 0.25) is 10.0 Å². The van der Waals surface area contributed by atoms with Crippen LogP contribution >= 0.6 is 23.2 Å². The Morgan fingerprint density at radius 3 is 2.38 bits per heavy atom. The topological polar surface area (TPSA) is 33.1 Å². The Bertz CT molecular complexity index is 813. The maximum Gasteiger partial charge on any atom is 0.0768 e. The van der Waals surface area contributed by atoms with Crippen LogP contribution in [0.3, 0.4) is 0 Å². The van der Waals surface area contributed by atoms with Crippen molar-refractivity contribution in [2.75, 3.05) is 0 Å². The number of fused-ring (bicyclic) bond motifs is 1. The lowest BCUT2D eigenvalue weighted by Crippen LogP contribution is -1.94. The van der Waals surface area contributed by atoms with Crippen molar-refractivity contribution in [2.45, 2.75) is 13.5 Å². The molecular formula is C17H13Cl2NO. The zero-order valence-electron chi connectivity index (χ0n) is 11.4. The first-order valence-corrected chi connectivity index (χ1v) is 7.30. The van der Waals surface area contributed by atoms with E-state index in [1.165, 1.54) is 0 Å². The fraction of sp³-hybridized carbons (Fsp3) is 0.118. The summed E-state index contributed by atoms with van der Waals surface area (Å²) in [6.07, 6.45) is 0. The molecule has 0 aliphatic rings. The van der Waals surface area contributed by atoms with Crippen LogP contribution in [-0.4, -0.2) is 10.1 Å². The molecule has 3 rings (SSSR count). The number of aryl methyl sites for hydroxylation is 1. The highest BCUT2D eigenvalue weighted by atomic mass is 35.5. The number of pyridine rings is 1. The molecule has 3 aromatic rings. The molecule has 0 aliphatic heterocycles. The standard InChI is InChI=1S/C17H13Cl2NO/c1-10-6-16(11-2-4-13(18)5-3-11)20-17-12(9-21)7-14(19)8-15(10)17/h2-8,21H,9H2,1H3. The van der Waals surface area contributed by atoms with Crippen molar-refractivity contribution >= 4 is 34.1 Å². The Hall–Kier alpha value is -1.61. The fourth-order valence-corrected chi connectivity index (χ4v) is 2.78. The number of nitrogens with zero attached hydrogens (tertiary/aromatic N) is 1. The monoisotopic (exact) mass is 317 g/mol. The second-order valence-corrected chi connectivity index (χ2v) is 5.82. The minimum atomic E-state index is -0.0897. The second-order valence-electron chi connectivity index (χ2n) is 4.95. The molecule has 1 heterocycles. The lowest BCUT2D eigenvalue weighted by atomic mass is 10.0. The van der Waals surface area contributed by atoms with Gasteiger partial charge in [-0.1, -0.05) is 35.3 Å². The molecule has 2 nitrogen and oxygen atoms in total. The molecule has 4 heteroatoms. The summed E-state index contributed by atoms with van der Waals surface area (Å²) in [6, 6.07) is 13.2. The molecule has 21 heavy (non-hydrogen) atoms. The van der Waals surface area contributed by atoms with Crippen LogP contribution in [0.4, 0.5) is 0 Å². The van der Waals surface area contributed by atoms with Crippen LogP contribution in [0, 0.1) is 6.92 Å². The molecule has 0 spiro atoms. The van der Waals surface area contributed by atoms with Gasteiger partial charge in [-0.2, -0.15) is 0 Å². The summed E-state index contributed by atoms with van der Waals surface area (Å²) in [7, 11) is 0. The van der Waals surface area contributed by atoms with E-state index in [1.54, 1.807) is 6.07 Å². The minimum Gasteiger partial charge on any atom is -0.392 e. The van der Waals surface area contributed by atoms with Crippen LogP contribution in [-0.2, 0) is 6.61 Å². The first-order valence-electron chi connectivity index (χ1n) is 6.55. The SMILES string of the molecule is Cc1cc(-c2ccc(Cl)cc2)nc2c(CO)cc(Cl)cc12. The van der Waals surface area contributed by atoms with E-state index in [0.717, 1.165) is 33.3 Å². The lowest BCUT2D eigenvalue weighted by Gasteiger charge is -2.10. The number of halogens is 2. The Balaban J connectivity index is 2.27. The number of hydrogen-bond acceptors (Lipinski definition) is 2. The first kappa shape index (κ1) is 14.3. The summed E-state index contributed by atoms with van der Waals surface area (Å²) >= 11 is 12.0. The number of aliphatic hydroxyl groups is 1. The van der Waals surface area contributed by atoms with Crippen molar-refractivity contribution in [3.05, 3.63) is 63.6 Å². The first-order chi connectivity index (χ1) is 10.1. The largest absolute Gasteiger partial charge is 0.392 e. The summed E-state index contributed by atoms with van der Waals surface area (Å²) in [5.41, 5.74) is 4.43. The van der Waals surface area contributed by atoms with Crippen LogP contribution < -0.4 is 0 Å². The molecule has 0 fully saturated rings. The highest BCUT2D eigenvalue weighted by molar-refractivity contribution is 6.31. The summed E-state index contributed by atoms with van der Waals surface area (Å²) in [6.45, 7) is 1.93. The van der Waals surface area contributed by atoms with Crippen LogP contribution in [0.5, 0.6) is 0 Å². The Morgan fingerprint density at radius 2 is 1.71 bits per heavy atom. The van der Waals surface area contributed by atoms with Gasteiger partial charge in [-0.25, -0.2) is 4.98 Å². The van der Waals surface area contributed by atoms with Crippen LogP contribution in [0.15, 0.2) is 42.5 Å². The van der Waals surface area contributed by atoms with Gasteiger partial charge in [-0.05, 0) is 42.8 Å². The van der Waals surface area contributed by atoms with Gasteiger partial charge in [0.1, 0.15) is 0 Å². The molecule has 0 aliphatic carbocycles. The van der Waals surface area contributed by atoms with E-state index >= 15 is 0 Å². The third-order valence-electron chi connectivity index (χ3n) is 3.47. The highest BCUT2D eigenvalue weighted by Crippen LogP contribution is 2.29. The van der Waals surface area contributed by atoms with Crippen LogP contribution in [0.25, 0.3) is 22.2 Å². The third kappa shape index (κ3) is 2.75. The maximum absolute atomic E-state index is 9.53. The van der Waals surface area contributed by atoms with Gasteiger partial charge in [-0.15, -0.1) is 0 Å². The molecule has 1 aromatic heterocycles. The number of benzene rings is 2. The predicted molar refractivity (Wildman–Crippen MR) is 87.9 cm³/mol. The van der Waals surface area contributed by atoms with Crippen molar-refractivity contribution in [3.63, 3.8) is 0 Å². The third-order valence-corrected chi connectivity index (χ3v) is 3.94. The molecule has 0 saturated carbocycles. The van der Waals surface area contributed by atoms with Gasteiger partial charge in [0.25, 0.3) is 0 Å². The van der Waals surface area contributed by atoms with E-state index in [-0.39, 0.29) is 6.61 Å². The fourth-order valence-electron chi connectivity index (χ4n) is 2.41. The van der Waals surface area contributed by atoms with Gasteiger partial charge in [0.2, 0.25) is 0 Å². The molecule has 1 N–H and O–H groups in total. The molecule has 2 aromatic carbocycles. The normalized spacial score (nSPS) is 11.0. The molecule has 0 amide bonds. The van der Waals surface area contributed by atoms with Crippen molar-refractivity contribution in [1.82, 2.24) is 4.98 Å². The summed E-state index contributed by atoms with van der Waals surface area (Å²) in [5.74, 6) is 0. The van der Waals surface area contributed by atoms with E-state index in [2.05, 4.69) is 4.98 Å². The van der Waals surface area contributed by atoms with Gasteiger partial charge in [0, 0.05) is 26.6 Å².